The number of rotatable bonds is 52. The summed E-state index contributed by atoms with van der Waals surface area (Å²) in [5, 5.41) is 0. The van der Waals surface area contributed by atoms with Crippen LogP contribution >= 0.6 is 0 Å². The topological polar surface area (TPSA) is 158 Å². The average molecular weight is 1180 g/mol. The summed E-state index contributed by atoms with van der Waals surface area (Å²) in [6.45, 7) is 11.4. The maximum atomic E-state index is 13.0. The third-order valence-electron chi connectivity index (χ3n) is 13.7. The van der Waals surface area contributed by atoms with Crippen LogP contribution in [0.2, 0.25) is 0 Å². The van der Waals surface area contributed by atoms with E-state index in [-0.39, 0.29) is 114 Å². The first-order chi connectivity index (χ1) is 36.4. The van der Waals surface area contributed by atoms with Crippen LogP contribution in [0.15, 0.2) is 24.3 Å². The summed E-state index contributed by atoms with van der Waals surface area (Å²) >= 11 is 0. The van der Waals surface area contributed by atoms with Gasteiger partial charge in [0.05, 0.1) is 28.2 Å². The molecule has 474 valence electrons. The van der Waals surface area contributed by atoms with E-state index in [9.17, 15) is 28.8 Å². The smallest absolute Gasteiger partial charge is 0.362 e. The van der Waals surface area contributed by atoms with Crippen molar-refractivity contribution >= 4 is 35.8 Å². The number of carbonyl (C=O) groups excluding carboxylic acids is 6. The number of hydrogen-bond donors (Lipinski definition) is 0. The quantitative estimate of drug-likeness (QED) is 0.0142. The van der Waals surface area contributed by atoms with Crippen LogP contribution in [0.3, 0.4) is 0 Å². The minimum atomic E-state index is -0.831. The lowest BCUT2D eigenvalue weighted by molar-refractivity contribution is -0.883. The van der Waals surface area contributed by atoms with Crippen molar-refractivity contribution in [2.24, 2.45) is 0 Å². The van der Waals surface area contributed by atoms with Crippen molar-refractivity contribution in [1.82, 2.24) is 0 Å². The van der Waals surface area contributed by atoms with Crippen molar-refractivity contribution < 1.29 is 91.0 Å². The van der Waals surface area contributed by atoms with Gasteiger partial charge in [-0.25, -0.2) is 9.59 Å². The SMILES string of the molecule is C.C.CCCCCCCCCC(OC(=O)CCCCCCCC=CCC(CCCCCC)OC(=O)C[N+](C)(C)CCOC(C)=O)OC(=O)CCCCCCCC=CCC(CCCCCC)OC(=O)C[N+](C)(C)CCOC(C)=O.[Cl-].[Cl-]. The average Bonchev–Trinajstić information content (AvgIpc) is 3.33. The van der Waals surface area contributed by atoms with Gasteiger partial charge in [-0.2, -0.15) is 0 Å². The molecule has 0 aliphatic rings. The van der Waals surface area contributed by atoms with Crippen LogP contribution < -0.4 is 24.8 Å². The zero-order valence-electron chi connectivity index (χ0n) is 50.9. The van der Waals surface area contributed by atoms with Crippen LogP contribution in [0.1, 0.15) is 268 Å². The zero-order valence-corrected chi connectivity index (χ0v) is 52.4. The van der Waals surface area contributed by atoms with Crippen LogP contribution in [-0.2, 0) is 57.2 Å². The van der Waals surface area contributed by atoms with Gasteiger partial charge >= 0.3 is 35.8 Å². The van der Waals surface area contributed by atoms with Gasteiger partial charge in [-0.05, 0) is 70.6 Å². The van der Waals surface area contributed by atoms with E-state index in [0.29, 0.717) is 54.2 Å². The van der Waals surface area contributed by atoms with E-state index >= 15 is 0 Å². The Labute approximate surface area is 502 Å². The first-order valence-corrected chi connectivity index (χ1v) is 30.4. The van der Waals surface area contributed by atoms with Crippen molar-refractivity contribution in [2.45, 2.75) is 286 Å². The molecule has 0 aromatic rings. The molecule has 0 fully saturated rings. The minimum absolute atomic E-state index is 0. The molecular weight excluding hydrogens is 1060 g/mol. The fraction of sp³-hybridized carbons (Fsp3) is 0.844. The molecule has 14 nitrogen and oxygen atoms in total. The number of likely N-dealkylation sites (N-methyl/N-ethyl adjacent to an activating group) is 2. The molecule has 0 rings (SSSR count). The largest absolute Gasteiger partial charge is 1.00 e. The highest BCUT2D eigenvalue weighted by Gasteiger charge is 2.26. The van der Waals surface area contributed by atoms with Gasteiger partial charge in [0, 0.05) is 46.0 Å². The Kier molecular flexibility index (Phi) is 61.6. The van der Waals surface area contributed by atoms with Gasteiger partial charge in [0.15, 0.2) is 13.1 Å². The van der Waals surface area contributed by atoms with Crippen molar-refractivity contribution in [3.63, 3.8) is 0 Å². The van der Waals surface area contributed by atoms with Crippen molar-refractivity contribution in [3.05, 3.63) is 24.3 Å². The lowest BCUT2D eigenvalue weighted by Gasteiger charge is -2.29. The second kappa shape index (κ2) is 57.6. The summed E-state index contributed by atoms with van der Waals surface area (Å²) in [5.41, 5.74) is 0. The van der Waals surface area contributed by atoms with Crippen molar-refractivity contribution in [2.75, 3.05) is 67.6 Å². The predicted molar refractivity (Wildman–Crippen MR) is 318 cm³/mol. The van der Waals surface area contributed by atoms with Gasteiger partial charge in [-0.1, -0.05) is 176 Å². The number of hydrogen-bond acceptors (Lipinski definition) is 12. The molecule has 2 atom stereocenters. The van der Waals surface area contributed by atoms with Crippen LogP contribution in [0.5, 0.6) is 0 Å². The second-order valence-corrected chi connectivity index (χ2v) is 22.6. The number of esters is 6. The van der Waals surface area contributed by atoms with E-state index in [4.69, 9.17) is 28.4 Å². The second-order valence-electron chi connectivity index (χ2n) is 22.6. The first kappa shape index (κ1) is 85.6. The molecule has 2 unspecified atom stereocenters. The van der Waals surface area contributed by atoms with Gasteiger partial charge in [-0.15, -0.1) is 0 Å². The lowest BCUT2D eigenvalue weighted by atomic mass is 10.1. The molecule has 0 heterocycles. The molecule has 0 spiro atoms. The molecule has 0 aliphatic carbocycles. The standard InChI is InChI=1S/C62H114N2O12.2CH4.2ClH/c1-10-13-16-19-24-33-40-47-62(75-58(67)45-38-31-27-22-20-25-29-36-43-56(41-34-17-14-11-2)73-60(69)52-63(6,7)48-50-71-54(4)65)76-59(68)46-39-32-28-23-21-26-30-37-44-57(42-35-18-15-12-3)74-61(70)53-64(8,9)49-51-72-55(5)66;;;;/h29-30,36-37,56-57,62H,10-28,31-35,38-53H2,1-9H3;2*1H4;2*1H/q+2;;;;/p-2. The van der Waals surface area contributed by atoms with E-state index in [1.165, 1.54) is 52.4 Å². The maximum absolute atomic E-state index is 13.0. The molecule has 0 saturated heterocycles. The molecule has 80 heavy (non-hydrogen) atoms. The summed E-state index contributed by atoms with van der Waals surface area (Å²) < 4.78 is 34.4. The number of allylic oxidation sites excluding steroid dienone is 2. The Morgan fingerprint density at radius 1 is 0.388 bits per heavy atom. The molecule has 0 bridgehead atoms. The molecule has 0 N–H and O–H groups in total. The van der Waals surface area contributed by atoms with Crippen molar-refractivity contribution in [3.8, 4) is 0 Å². The predicted octanol–water partition coefficient (Wildman–Crippen LogP) is 9.22. The molecule has 0 aromatic heterocycles. The normalized spacial score (nSPS) is 12.5. The van der Waals surface area contributed by atoms with E-state index in [1.54, 1.807) is 0 Å². The fourth-order valence-electron chi connectivity index (χ4n) is 8.90. The Morgan fingerprint density at radius 2 is 0.700 bits per heavy atom. The molecule has 0 saturated carbocycles. The Hall–Kier alpha value is -3.20. The van der Waals surface area contributed by atoms with E-state index in [0.717, 1.165) is 148 Å². The van der Waals surface area contributed by atoms with Crippen LogP contribution in [-0.4, -0.2) is 131 Å². The summed E-state index contributed by atoms with van der Waals surface area (Å²) in [5.74, 6) is -1.70. The highest BCUT2D eigenvalue weighted by Crippen LogP contribution is 2.19. The monoisotopic (exact) mass is 1180 g/mol. The number of nitrogens with zero attached hydrogens (tertiary/aromatic N) is 2. The van der Waals surface area contributed by atoms with Crippen molar-refractivity contribution in [1.29, 1.82) is 0 Å². The maximum Gasteiger partial charge on any atom is 0.362 e. The molecule has 0 aliphatic heterocycles. The highest BCUT2D eigenvalue weighted by molar-refractivity contribution is 5.72. The summed E-state index contributed by atoms with van der Waals surface area (Å²) in [6.07, 6.45) is 40.2. The number of unbranched alkanes of at least 4 members (excludes halogenated alkanes) is 22. The van der Waals surface area contributed by atoms with Gasteiger partial charge in [0.2, 0.25) is 6.29 Å². The van der Waals surface area contributed by atoms with Gasteiger partial charge < -0.3 is 62.2 Å². The Morgan fingerprint density at radius 3 is 1.06 bits per heavy atom. The molecule has 0 radical (unpaired) electrons. The molecular formula is C64H122Cl2N2O12. The third-order valence-corrected chi connectivity index (χ3v) is 13.7. The highest BCUT2D eigenvalue weighted by atomic mass is 35.5. The number of carbonyl (C=O) groups is 6. The van der Waals surface area contributed by atoms with Gasteiger partial charge in [0.1, 0.15) is 38.5 Å². The molecule has 0 amide bonds. The Balaban J connectivity index is -0.00000469. The molecule has 16 heteroatoms. The van der Waals surface area contributed by atoms with Crippen LogP contribution in [0.25, 0.3) is 0 Å². The summed E-state index contributed by atoms with van der Waals surface area (Å²) in [6, 6.07) is 0. The van der Waals surface area contributed by atoms with E-state index in [1.807, 2.05) is 28.2 Å². The van der Waals surface area contributed by atoms with Crippen LogP contribution in [0.4, 0.5) is 0 Å². The van der Waals surface area contributed by atoms with Gasteiger partial charge in [0.25, 0.3) is 0 Å². The summed E-state index contributed by atoms with van der Waals surface area (Å²) in [7, 11) is 7.75. The molecule has 0 aromatic carbocycles. The first-order valence-electron chi connectivity index (χ1n) is 30.4. The third kappa shape index (κ3) is 58.0. The number of ether oxygens (including phenoxy) is 6. The van der Waals surface area contributed by atoms with Crippen LogP contribution in [0, 0.1) is 0 Å². The van der Waals surface area contributed by atoms with E-state index < -0.39 is 6.29 Å². The number of quaternary nitrogens is 2. The zero-order chi connectivity index (χ0) is 56.6. The fourth-order valence-corrected chi connectivity index (χ4v) is 8.90. The van der Waals surface area contributed by atoms with Gasteiger partial charge in [-0.3, -0.25) is 19.2 Å². The lowest BCUT2D eigenvalue weighted by Crippen LogP contribution is -3.00. The Bertz CT molecular complexity index is 1470. The summed E-state index contributed by atoms with van der Waals surface area (Å²) in [4.78, 5) is 74.0. The number of halogens is 2. The van der Waals surface area contributed by atoms with E-state index in [2.05, 4.69) is 45.1 Å². The minimum Gasteiger partial charge on any atom is -1.00 e.